The minimum absolute atomic E-state index is 0.0289. The zero-order valence-corrected chi connectivity index (χ0v) is 20.2. The van der Waals surface area contributed by atoms with E-state index in [1.165, 1.54) is 90.4 Å². The van der Waals surface area contributed by atoms with Crippen LogP contribution < -0.4 is 5.73 Å². The molecule has 0 spiro atoms. The summed E-state index contributed by atoms with van der Waals surface area (Å²) in [5.41, 5.74) is 6.34. The lowest BCUT2D eigenvalue weighted by Crippen LogP contribution is -2.42. The van der Waals surface area contributed by atoms with Crippen molar-refractivity contribution < 1.29 is 17.2 Å². The fourth-order valence-corrected chi connectivity index (χ4v) is 3.42. The van der Waals surface area contributed by atoms with Crippen molar-refractivity contribution in [2.75, 3.05) is 6.61 Å². The van der Waals surface area contributed by atoms with Crippen molar-refractivity contribution in [1.82, 2.24) is 0 Å². The van der Waals surface area contributed by atoms with E-state index in [4.69, 9.17) is 10.3 Å². The van der Waals surface area contributed by atoms with Crippen molar-refractivity contribution in [3.8, 4) is 0 Å². The highest BCUT2D eigenvalue weighted by molar-refractivity contribution is 7.80. The summed E-state index contributed by atoms with van der Waals surface area (Å²) in [5, 5.41) is 0. The molecule has 0 saturated heterocycles. The van der Waals surface area contributed by atoms with E-state index in [0.717, 1.165) is 6.42 Å². The van der Waals surface area contributed by atoms with Gasteiger partial charge >= 0.3 is 10.4 Å². The Bertz CT molecular complexity index is 424. The molecule has 0 fully saturated rings. The summed E-state index contributed by atoms with van der Waals surface area (Å²) >= 11 is 0. The van der Waals surface area contributed by atoms with E-state index in [0.29, 0.717) is 5.92 Å². The zero-order chi connectivity index (χ0) is 21.9. The van der Waals surface area contributed by atoms with Gasteiger partial charge in [0.1, 0.15) is 0 Å². The molecule has 6 heteroatoms. The molecule has 0 aliphatic carbocycles. The van der Waals surface area contributed by atoms with E-state index >= 15 is 0 Å². The van der Waals surface area contributed by atoms with Crippen LogP contribution in [0.4, 0.5) is 0 Å². The Kier molecular flexibility index (Phi) is 20.2. The maximum atomic E-state index is 9.56. The number of unbranched alkanes of at least 4 members (excludes halogenated alkanes) is 11. The number of hydrogen-bond acceptors (Lipinski definition) is 4. The van der Waals surface area contributed by atoms with Crippen LogP contribution in [-0.2, 0) is 14.6 Å². The van der Waals surface area contributed by atoms with E-state index in [-0.39, 0.29) is 12.1 Å². The fraction of sp³-hybridized carbons (Fsp3) is 1.00. The first-order valence-corrected chi connectivity index (χ1v) is 12.9. The molecule has 0 aromatic rings. The monoisotopic (exact) mass is 423 g/mol. The summed E-state index contributed by atoms with van der Waals surface area (Å²) < 4.78 is 30.7. The average molecular weight is 424 g/mol. The van der Waals surface area contributed by atoms with Gasteiger partial charge in [-0.05, 0) is 32.6 Å². The van der Waals surface area contributed by atoms with Crippen LogP contribution in [0.1, 0.15) is 125 Å². The minimum atomic E-state index is -4.17. The highest BCUT2D eigenvalue weighted by Gasteiger charge is 2.23. The largest absolute Gasteiger partial charge is 0.397 e. The first-order chi connectivity index (χ1) is 13.1. The molecule has 0 heterocycles. The maximum Gasteiger partial charge on any atom is 0.397 e. The Balaban J connectivity index is 0. The van der Waals surface area contributed by atoms with Gasteiger partial charge in [-0.25, -0.2) is 4.18 Å². The molecule has 5 nitrogen and oxygen atoms in total. The standard InChI is InChI=1S/C20H43N.C2H6O4S/c1-5-7-8-9-10-11-12-13-14-15-16-17-18-19(3)20(4,21)6-2;1-2-6-7(3,4)5/h19H,5-18,21H2,1-4H3;2H2,1H3,(H,3,4,5). The predicted molar refractivity (Wildman–Crippen MR) is 121 cm³/mol. The van der Waals surface area contributed by atoms with Gasteiger partial charge in [0.15, 0.2) is 0 Å². The summed E-state index contributed by atoms with van der Waals surface area (Å²) in [4.78, 5) is 0. The first-order valence-electron chi connectivity index (χ1n) is 11.5. The molecule has 28 heavy (non-hydrogen) atoms. The van der Waals surface area contributed by atoms with Gasteiger partial charge in [-0.2, -0.15) is 8.42 Å². The van der Waals surface area contributed by atoms with Gasteiger partial charge in [0.05, 0.1) is 6.61 Å². The number of rotatable bonds is 17. The molecular formula is C22H49NO4S. The average Bonchev–Trinajstić information content (AvgIpc) is 2.62. The van der Waals surface area contributed by atoms with Gasteiger partial charge in [0.25, 0.3) is 0 Å². The van der Waals surface area contributed by atoms with Crippen LogP contribution in [0, 0.1) is 5.92 Å². The molecule has 172 valence electrons. The van der Waals surface area contributed by atoms with Gasteiger partial charge in [0, 0.05) is 5.54 Å². The number of hydrogen-bond donors (Lipinski definition) is 2. The second-order valence-corrected chi connectivity index (χ2v) is 9.36. The van der Waals surface area contributed by atoms with Gasteiger partial charge in [-0.3, -0.25) is 4.55 Å². The third-order valence-electron chi connectivity index (χ3n) is 5.65. The van der Waals surface area contributed by atoms with E-state index in [2.05, 4.69) is 31.9 Å². The molecule has 3 N–H and O–H groups in total. The molecule has 0 aliphatic heterocycles. The third kappa shape index (κ3) is 22.1. The lowest BCUT2D eigenvalue weighted by atomic mass is 9.82. The van der Waals surface area contributed by atoms with Crippen LogP contribution in [0.5, 0.6) is 0 Å². The van der Waals surface area contributed by atoms with Crippen molar-refractivity contribution in [3.63, 3.8) is 0 Å². The molecule has 0 radical (unpaired) electrons. The van der Waals surface area contributed by atoms with Crippen LogP contribution in [-0.4, -0.2) is 25.1 Å². The summed E-state index contributed by atoms with van der Waals surface area (Å²) in [5.74, 6) is 0.658. The molecule has 0 saturated carbocycles. The summed E-state index contributed by atoms with van der Waals surface area (Å²) in [7, 11) is -4.17. The van der Waals surface area contributed by atoms with Crippen LogP contribution in [0.2, 0.25) is 0 Å². The Morgan fingerprint density at radius 2 is 1.25 bits per heavy atom. The van der Waals surface area contributed by atoms with Gasteiger partial charge < -0.3 is 5.73 Å². The van der Waals surface area contributed by atoms with Gasteiger partial charge in [-0.15, -0.1) is 0 Å². The normalized spacial score (nSPS) is 14.8. The SMILES string of the molecule is CCCCCCCCCCCCCCC(C)C(C)(N)CC.CCOS(=O)(=O)O. The third-order valence-corrected chi connectivity index (χ3v) is 6.18. The van der Waals surface area contributed by atoms with E-state index in [1.807, 2.05) is 0 Å². The van der Waals surface area contributed by atoms with E-state index in [9.17, 15) is 8.42 Å². The quantitative estimate of drug-likeness (QED) is 0.201. The predicted octanol–water partition coefficient (Wildman–Crippen LogP) is 6.67. The summed E-state index contributed by atoms with van der Waals surface area (Å²) in [6.07, 6.45) is 19.6. The van der Waals surface area contributed by atoms with Crippen molar-refractivity contribution in [2.24, 2.45) is 11.7 Å². The fourth-order valence-electron chi connectivity index (χ4n) is 3.12. The van der Waals surface area contributed by atoms with Crippen molar-refractivity contribution in [2.45, 2.75) is 130 Å². The van der Waals surface area contributed by atoms with Crippen molar-refractivity contribution in [1.29, 1.82) is 0 Å². The lowest BCUT2D eigenvalue weighted by Gasteiger charge is -2.30. The zero-order valence-electron chi connectivity index (χ0n) is 19.3. The van der Waals surface area contributed by atoms with Crippen LogP contribution >= 0.6 is 0 Å². The Morgan fingerprint density at radius 1 is 0.857 bits per heavy atom. The molecule has 2 unspecified atom stereocenters. The molecule has 0 amide bonds. The molecule has 2 atom stereocenters. The van der Waals surface area contributed by atoms with E-state index < -0.39 is 10.4 Å². The molecule has 0 bridgehead atoms. The van der Waals surface area contributed by atoms with Crippen molar-refractivity contribution in [3.05, 3.63) is 0 Å². The van der Waals surface area contributed by atoms with Crippen LogP contribution in [0.15, 0.2) is 0 Å². The molecular weight excluding hydrogens is 374 g/mol. The van der Waals surface area contributed by atoms with Gasteiger partial charge in [0.2, 0.25) is 0 Å². The summed E-state index contributed by atoms with van der Waals surface area (Å²) in [6.45, 7) is 10.5. The smallest absolute Gasteiger partial charge is 0.325 e. The van der Waals surface area contributed by atoms with Crippen LogP contribution in [0.25, 0.3) is 0 Å². The topological polar surface area (TPSA) is 89.6 Å². The van der Waals surface area contributed by atoms with Crippen LogP contribution in [0.3, 0.4) is 0 Å². The Labute approximate surface area is 176 Å². The molecule has 0 aliphatic rings. The highest BCUT2D eigenvalue weighted by atomic mass is 32.3. The minimum Gasteiger partial charge on any atom is -0.325 e. The number of nitrogens with two attached hydrogens (primary N) is 1. The second kappa shape index (κ2) is 18.8. The molecule has 0 rings (SSSR count). The second-order valence-electron chi connectivity index (χ2n) is 8.27. The molecule has 0 aromatic heterocycles. The lowest BCUT2D eigenvalue weighted by molar-refractivity contribution is 0.282. The van der Waals surface area contributed by atoms with Crippen molar-refractivity contribution >= 4 is 10.4 Å². The highest BCUT2D eigenvalue weighted by Crippen LogP contribution is 2.23. The van der Waals surface area contributed by atoms with Gasteiger partial charge in [-0.1, -0.05) is 97.8 Å². The molecule has 0 aromatic carbocycles. The maximum absolute atomic E-state index is 9.56. The first kappa shape index (κ1) is 30.0. The van der Waals surface area contributed by atoms with E-state index in [1.54, 1.807) is 0 Å². The summed E-state index contributed by atoms with van der Waals surface area (Å²) in [6, 6.07) is 0. The Morgan fingerprint density at radius 3 is 1.54 bits per heavy atom. The Hall–Kier alpha value is -0.170.